The summed E-state index contributed by atoms with van der Waals surface area (Å²) in [7, 11) is 0. The molecule has 0 radical (unpaired) electrons. The summed E-state index contributed by atoms with van der Waals surface area (Å²) < 4.78 is 12.4. The Morgan fingerprint density at radius 2 is 0.800 bits per heavy atom. The maximum absolute atomic E-state index is 9.19. The molecular formula is C42H24N6O2. The fourth-order valence-electron chi connectivity index (χ4n) is 5.89. The van der Waals surface area contributed by atoms with E-state index in [-0.39, 0.29) is 0 Å². The summed E-state index contributed by atoms with van der Waals surface area (Å²) in [5, 5.41) is 9.19. The van der Waals surface area contributed by atoms with Gasteiger partial charge in [-0.2, -0.15) is 5.26 Å². The molecule has 0 spiro atoms. The number of benzene rings is 6. The van der Waals surface area contributed by atoms with Crippen LogP contribution >= 0.6 is 0 Å². The van der Waals surface area contributed by atoms with Crippen molar-refractivity contribution in [2.45, 2.75) is 0 Å². The molecule has 9 rings (SSSR count). The molecule has 0 atom stereocenters. The maximum Gasteiger partial charge on any atom is 0.227 e. The largest absolute Gasteiger partial charge is 0.436 e. The van der Waals surface area contributed by atoms with Gasteiger partial charge in [-0.15, -0.1) is 0 Å². The first-order valence-corrected chi connectivity index (χ1v) is 16.0. The Kier molecular flexibility index (Phi) is 7.00. The number of nitrogens with zero attached hydrogens (tertiary/aromatic N) is 6. The molecule has 8 nitrogen and oxygen atoms in total. The fraction of sp³-hybridized carbons (Fsp3) is 0. The molecular weight excluding hydrogens is 621 g/mol. The number of hydrogen-bond donors (Lipinski definition) is 0. The van der Waals surface area contributed by atoms with Crippen LogP contribution in [0.4, 0.5) is 0 Å². The van der Waals surface area contributed by atoms with Crippen LogP contribution in [0.5, 0.6) is 0 Å². The van der Waals surface area contributed by atoms with Crippen molar-refractivity contribution in [1.29, 1.82) is 5.26 Å². The Balaban J connectivity index is 1.21. The third kappa shape index (κ3) is 5.45. The van der Waals surface area contributed by atoms with Crippen molar-refractivity contribution >= 4 is 22.2 Å². The SMILES string of the molecule is N#Cc1ccc(-c2ccc(-c3nc(-c4ccccc4)nc(-c4cc(-c5nc6ccccc6o5)cc(-c5nc6ccccc6o5)c4)n3)cc2)cc1. The van der Waals surface area contributed by atoms with Gasteiger partial charge in [0, 0.05) is 27.8 Å². The van der Waals surface area contributed by atoms with E-state index in [9.17, 15) is 5.26 Å². The number of fused-ring (bicyclic) bond motifs is 2. The third-order valence-electron chi connectivity index (χ3n) is 8.43. The first-order valence-electron chi connectivity index (χ1n) is 16.0. The monoisotopic (exact) mass is 644 g/mol. The summed E-state index contributed by atoms with van der Waals surface area (Å²) in [4.78, 5) is 24.5. The highest BCUT2D eigenvalue weighted by atomic mass is 16.4. The highest BCUT2D eigenvalue weighted by molar-refractivity contribution is 5.82. The molecule has 9 aromatic rings. The smallest absolute Gasteiger partial charge is 0.227 e. The standard InChI is InChI=1S/C42H24N6O2/c43-25-26-14-16-27(17-15-26)28-18-20-30(21-19-28)39-46-38(29-8-2-1-3-9-29)47-40(48-39)31-22-32(41-44-34-10-4-6-12-36(34)49-41)24-33(23-31)42-45-35-11-5-7-13-37(35)50-42/h1-24H. The normalized spacial score (nSPS) is 11.2. The van der Waals surface area contributed by atoms with Gasteiger partial charge in [0.1, 0.15) is 11.0 Å². The predicted molar refractivity (Wildman–Crippen MR) is 192 cm³/mol. The summed E-state index contributed by atoms with van der Waals surface area (Å²) in [6.45, 7) is 0. The van der Waals surface area contributed by atoms with Gasteiger partial charge < -0.3 is 8.83 Å². The molecule has 0 fully saturated rings. The minimum absolute atomic E-state index is 0.460. The average molecular weight is 645 g/mol. The predicted octanol–water partition coefficient (Wildman–Crippen LogP) is 10.0. The third-order valence-corrected chi connectivity index (χ3v) is 8.43. The van der Waals surface area contributed by atoms with Crippen LogP contribution in [0.2, 0.25) is 0 Å². The van der Waals surface area contributed by atoms with E-state index in [0.717, 1.165) is 50.0 Å². The average Bonchev–Trinajstić information content (AvgIpc) is 3.83. The van der Waals surface area contributed by atoms with E-state index in [0.29, 0.717) is 46.0 Å². The lowest BCUT2D eigenvalue weighted by Crippen LogP contribution is -2.00. The summed E-state index contributed by atoms with van der Waals surface area (Å²) in [6.07, 6.45) is 0. The molecule has 6 aromatic carbocycles. The Morgan fingerprint density at radius 3 is 1.32 bits per heavy atom. The molecule has 0 aliphatic heterocycles. The van der Waals surface area contributed by atoms with Crippen molar-refractivity contribution < 1.29 is 8.83 Å². The van der Waals surface area contributed by atoms with Crippen molar-refractivity contribution in [3.05, 3.63) is 151 Å². The number of nitriles is 1. The molecule has 50 heavy (non-hydrogen) atoms. The first kappa shape index (κ1) is 28.9. The van der Waals surface area contributed by atoms with Gasteiger partial charge in [0.2, 0.25) is 11.8 Å². The second kappa shape index (κ2) is 12.1. The molecule has 234 valence electrons. The summed E-state index contributed by atoms with van der Waals surface area (Å²) in [6, 6.07) is 48.9. The topological polar surface area (TPSA) is 115 Å². The van der Waals surface area contributed by atoms with E-state index in [1.807, 2.05) is 146 Å². The van der Waals surface area contributed by atoms with E-state index in [1.165, 1.54) is 0 Å². The molecule has 3 aromatic heterocycles. The quantitative estimate of drug-likeness (QED) is 0.176. The van der Waals surface area contributed by atoms with Crippen LogP contribution in [-0.2, 0) is 0 Å². The highest BCUT2D eigenvalue weighted by Crippen LogP contribution is 2.35. The zero-order chi connectivity index (χ0) is 33.4. The molecule has 0 unspecified atom stereocenters. The van der Waals surface area contributed by atoms with Crippen molar-refractivity contribution in [2.24, 2.45) is 0 Å². The second-order valence-electron chi connectivity index (χ2n) is 11.7. The van der Waals surface area contributed by atoms with Crippen LogP contribution in [0, 0.1) is 11.3 Å². The Labute approximate surface area is 286 Å². The molecule has 0 aliphatic rings. The lowest BCUT2D eigenvalue weighted by atomic mass is 10.0. The molecule has 0 bridgehead atoms. The summed E-state index contributed by atoms with van der Waals surface area (Å²) >= 11 is 0. The van der Waals surface area contributed by atoms with Gasteiger partial charge in [0.05, 0.1) is 11.6 Å². The van der Waals surface area contributed by atoms with E-state index >= 15 is 0 Å². The molecule has 8 heteroatoms. The Bertz CT molecular complexity index is 2550. The van der Waals surface area contributed by atoms with Crippen molar-refractivity contribution in [3.8, 4) is 74.3 Å². The molecule has 0 saturated heterocycles. The van der Waals surface area contributed by atoms with Crippen LogP contribution in [0.1, 0.15) is 5.56 Å². The summed E-state index contributed by atoms with van der Waals surface area (Å²) in [5.74, 6) is 2.46. The summed E-state index contributed by atoms with van der Waals surface area (Å²) in [5.41, 5.74) is 9.42. The van der Waals surface area contributed by atoms with E-state index in [2.05, 4.69) is 6.07 Å². The van der Waals surface area contributed by atoms with Gasteiger partial charge in [-0.25, -0.2) is 24.9 Å². The first-order chi connectivity index (χ1) is 24.7. The van der Waals surface area contributed by atoms with E-state index < -0.39 is 0 Å². The van der Waals surface area contributed by atoms with Crippen LogP contribution in [-0.4, -0.2) is 24.9 Å². The number of aromatic nitrogens is 5. The lowest BCUT2D eigenvalue weighted by molar-refractivity contribution is 0.617. The minimum atomic E-state index is 0.460. The highest BCUT2D eigenvalue weighted by Gasteiger charge is 2.19. The minimum Gasteiger partial charge on any atom is -0.436 e. The van der Waals surface area contributed by atoms with Gasteiger partial charge in [0.15, 0.2) is 28.6 Å². The fourth-order valence-corrected chi connectivity index (χ4v) is 5.89. The maximum atomic E-state index is 9.19. The zero-order valence-corrected chi connectivity index (χ0v) is 26.4. The van der Waals surface area contributed by atoms with E-state index in [1.54, 1.807) is 0 Å². The van der Waals surface area contributed by atoms with Crippen LogP contribution in [0.3, 0.4) is 0 Å². The molecule has 0 N–H and O–H groups in total. The number of rotatable bonds is 6. The molecule has 0 saturated carbocycles. The van der Waals surface area contributed by atoms with Crippen LogP contribution < -0.4 is 0 Å². The van der Waals surface area contributed by atoms with Crippen LogP contribution in [0.15, 0.2) is 154 Å². The molecule has 0 amide bonds. The van der Waals surface area contributed by atoms with Gasteiger partial charge in [-0.1, -0.05) is 91.0 Å². The zero-order valence-electron chi connectivity index (χ0n) is 26.4. The van der Waals surface area contributed by atoms with Gasteiger partial charge in [-0.05, 0) is 65.7 Å². The molecule has 3 heterocycles. The van der Waals surface area contributed by atoms with Gasteiger partial charge in [0.25, 0.3) is 0 Å². The second-order valence-corrected chi connectivity index (χ2v) is 11.7. The van der Waals surface area contributed by atoms with Gasteiger partial charge in [-0.3, -0.25) is 0 Å². The number of para-hydroxylation sites is 4. The Hall–Kier alpha value is -7.24. The molecule has 0 aliphatic carbocycles. The number of oxazole rings is 2. The van der Waals surface area contributed by atoms with Crippen LogP contribution in [0.25, 0.3) is 90.4 Å². The van der Waals surface area contributed by atoms with Gasteiger partial charge >= 0.3 is 0 Å². The van der Waals surface area contributed by atoms with E-state index in [4.69, 9.17) is 33.8 Å². The van der Waals surface area contributed by atoms with Crippen molar-refractivity contribution in [2.75, 3.05) is 0 Å². The lowest BCUT2D eigenvalue weighted by Gasteiger charge is -2.10. The Morgan fingerprint density at radius 1 is 0.380 bits per heavy atom. The number of hydrogen-bond acceptors (Lipinski definition) is 8. The van der Waals surface area contributed by atoms with Crippen molar-refractivity contribution in [1.82, 2.24) is 24.9 Å². The van der Waals surface area contributed by atoms with Crippen molar-refractivity contribution in [3.63, 3.8) is 0 Å².